The Morgan fingerprint density at radius 3 is 2.51 bits per heavy atom. The summed E-state index contributed by atoms with van der Waals surface area (Å²) in [5.41, 5.74) is -3.12. The smallest absolute Gasteiger partial charge is 0.345 e. The highest BCUT2D eigenvalue weighted by atomic mass is 16.6. The van der Waals surface area contributed by atoms with E-state index in [0.29, 0.717) is 18.4 Å². The van der Waals surface area contributed by atoms with Crippen LogP contribution in [0.15, 0.2) is 64.1 Å². The van der Waals surface area contributed by atoms with Crippen molar-refractivity contribution in [1.82, 2.24) is 4.98 Å². The molecule has 2 fully saturated rings. The first kappa shape index (κ1) is 33.9. The lowest BCUT2D eigenvalue weighted by molar-refractivity contribution is -0.266. The van der Waals surface area contributed by atoms with Crippen molar-refractivity contribution in [3.63, 3.8) is 0 Å². The van der Waals surface area contributed by atoms with Crippen LogP contribution in [0.4, 0.5) is 0 Å². The van der Waals surface area contributed by atoms with Gasteiger partial charge in [0, 0.05) is 49.2 Å². The lowest BCUT2D eigenvalue weighted by Gasteiger charge is -2.66. The van der Waals surface area contributed by atoms with E-state index in [1.54, 1.807) is 37.4 Å². The minimum atomic E-state index is -1.42. The number of pyridine rings is 1. The molecular formula is C37H38N2O10. The van der Waals surface area contributed by atoms with E-state index >= 15 is 0 Å². The van der Waals surface area contributed by atoms with Crippen LogP contribution in [0.3, 0.4) is 0 Å². The van der Waals surface area contributed by atoms with Gasteiger partial charge in [-0.25, -0.2) is 9.59 Å². The molecule has 256 valence electrons. The number of benzene rings is 1. The van der Waals surface area contributed by atoms with Crippen LogP contribution < -0.4 is 10.4 Å². The number of nitrogens with zero attached hydrogens (tertiary/aromatic N) is 2. The third-order valence-electron chi connectivity index (χ3n) is 10.9. The van der Waals surface area contributed by atoms with E-state index in [2.05, 4.69) is 4.98 Å². The highest BCUT2D eigenvalue weighted by Crippen LogP contribution is 2.67. The van der Waals surface area contributed by atoms with Crippen molar-refractivity contribution >= 4 is 17.9 Å². The maximum Gasteiger partial charge on any atom is 0.345 e. The van der Waals surface area contributed by atoms with Crippen LogP contribution in [0.2, 0.25) is 0 Å². The van der Waals surface area contributed by atoms with Crippen molar-refractivity contribution in [1.29, 1.82) is 5.26 Å². The summed E-state index contributed by atoms with van der Waals surface area (Å²) in [6, 6.07) is 13.1. The number of rotatable bonds is 6. The molecule has 6 rings (SSSR count). The van der Waals surface area contributed by atoms with Crippen LogP contribution in [0.1, 0.15) is 81.5 Å². The number of nitriles is 1. The fraction of sp³-hybridized carbons (Fsp3) is 0.459. The highest BCUT2D eigenvalue weighted by molar-refractivity contribution is 5.90. The summed E-state index contributed by atoms with van der Waals surface area (Å²) < 4.78 is 30.1. The van der Waals surface area contributed by atoms with Gasteiger partial charge in [-0.2, -0.15) is 5.26 Å². The zero-order chi connectivity index (χ0) is 35.3. The maximum absolute atomic E-state index is 13.8. The van der Waals surface area contributed by atoms with Gasteiger partial charge >= 0.3 is 23.5 Å². The summed E-state index contributed by atoms with van der Waals surface area (Å²) in [4.78, 5) is 56.0. The molecule has 12 nitrogen and oxygen atoms in total. The van der Waals surface area contributed by atoms with E-state index in [4.69, 9.17) is 23.4 Å². The third kappa shape index (κ3) is 5.76. The first-order valence-corrected chi connectivity index (χ1v) is 16.2. The van der Waals surface area contributed by atoms with Crippen molar-refractivity contribution in [3.8, 4) is 23.1 Å². The largest absolute Gasteiger partial charge is 0.482 e. The Morgan fingerprint density at radius 2 is 1.84 bits per heavy atom. The summed E-state index contributed by atoms with van der Waals surface area (Å²) in [5.74, 6) is -2.80. The first-order chi connectivity index (χ1) is 23.2. The molecule has 3 heterocycles. The van der Waals surface area contributed by atoms with Gasteiger partial charge in [0.25, 0.3) is 0 Å². The van der Waals surface area contributed by atoms with Gasteiger partial charge in [-0.05, 0) is 67.9 Å². The van der Waals surface area contributed by atoms with Gasteiger partial charge in [0.05, 0.1) is 23.3 Å². The Kier molecular flexibility index (Phi) is 8.61. The summed E-state index contributed by atoms with van der Waals surface area (Å²) in [7, 11) is 0. The molecule has 0 bridgehead atoms. The number of carbonyl (C=O) groups excluding carboxylic acids is 3. The molecule has 3 aromatic rings. The number of aliphatic hydroxyl groups excluding tert-OH is 1. The number of carbonyl (C=O) groups is 3. The van der Waals surface area contributed by atoms with Gasteiger partial charge in [0.15, 0.2) is 0 Å². The Balaban J connectivity index is 1.51. The molecule has 1 aliphatic heterocycles. The fourth-order valence-corrected chi connectivity index (χ4v) is 8.75. The molecule has 1 N–H and O–H groups in total. The van der Waals surface area contributed by atoms with Crippen LogP contribution in [0.25, 0.3) is 11.3 Å². The van der Waals surface area contributed by atoms with Crippen molar-refractivity contribution < 1.29 is 42.9 Å². The summed E-state index contributed by atoms with van der Waals surface area (Å²) in [6.07, 6.45) is 0.971. The quantitative estimate of drug-likeness (QED) is 0.277. The molecule has 0 amide bonds. The SMILES string of the molecule is CC(=O)OCC1(C)C2C[C@H](OC(=O)c3cccc(C#N)c3)[C@@]3(C)Oc4cc(-c5cccnc5)oc(=O)c4[C@H](O)C3[C@@]2(C)CC[C@@H]1OC(C)=O. The molecule has 49 heavy (non-hydrogen) atoms. The number of hydrogen-bond donors (Lipinski definition) is 1. The topological polar surface area (TPSA) is 175 Å². The van der Waals surface area contributed by atoms with E-state index in [-0.39, 0.29) is 41.2 Å². The van der Waals surface area contributed by atoms with Gasteiger partial charge in [-0.3, -0.25) is 14.6 Å². The lowest BCUT2D eigenvalue weighted by Crippen LogP contribution is -2.71. The zero-order valence-corrected chi connectivity index (χ0v) is 27.9. The molecule has 8 atom stereocenters. The summed E-state index contributed by atoms with van der Waals surface area (Å²) in [6.45, 7) is 8.09. The monoisotopic (exact) mass is 670 g/mol. The van der Waals surface area contributed by atoms with Crippen LogP contribution in [-0.4, -0.2) is 52.4 Å². The van der Waals surface area contributed by atoms with Crippen LogP contribution >= 0.6 is 0 Å². The van der Waals surface area contributed by atoms with Gasteiger partial charge < -0.3 is 28.5 Å². The molecule has 2 saturated carbocycles. The van der Waals surface area contributed by atoms with Crippen LogP contribution in [0.5, 0.6) is 5.75 Å². The average molecular weight is 671 g/mol. The number of hydrogen-bond acceptors (Lipinski definition) is 12. The van der Waals surface area contributed by atoms with Crippen LogP contribution in [-0.2, 0) is 23.8 Å². The molecule has 0 spiro atoms. The average Bonchev–Trinajstić information content (AvgIpc) is 3.06. The molecule has 0 saturated heterocycles. The van der Waals surface area contributed by atoms with Gasteiger partial charge in [-0.15, -0.1) is 0 Å². The standard InChI is InChI=1S/C37H38N2O10/c1-20(40)45-19-36(4)27-16-29(48-33(43)23-9-6-8-22(14-23)17-38)37(5)32(35(27,3)12-11-28(36)46-21(2)41)31(42)30-26(49-37)15-25(47-34(30)44)24-10-7-13-39-18-24/h6-10,13-15,18,27-29,31-32,42H,11-12,16,19H2,1-5H3/t27?,28-,29-,31-,32?,35-,36?,37+/m0/s1. The van der Waals surface area contributed by atoms with E-state index in [9.17, 15) is 29.5 Å². The van der Waals surface area contributed by atoms with E-state index in [1.807, 2.05) is 19.9 Å². The Morgan fingerprint density at radius 1 is 1.06 bits per heavy atom. The second-order valence-corrected chi connectivity index (χ2v) is 13.9. The predicted octanol–water partition coefficient (Wildman–Crippen LogP) is 4.92. The predicted molar refractivity (Wildman–Crippen MR) is 172 cm³/mol. The van der Waals surface area contributed by atoms with Crippen molar-refractivity contribution in [2.45, 2.75) is 77.8 Å². The summed E-state index contributed by atoms with van der Waals surface area (Å²) in [5, 5.41) is 21.7. The Bertz CT molecular complexity index is 1900. The summed E-state index contributed by atoms with van der Waals surface area (Å²) >= 11 is 0. The Hall–Kier alpha value is -5.02. The molecule has 3 aliphatic rings. The van der Waals surface area contributed by atoms with Crippen molar-refractivity contribution in [2.75, 3.05) is 6.61 Å². The van der Waals surface area contributed by atoms with E-state index < -0.39 is 70.1 Å². The van der Waals surface area contributed by atoms with Crippen LogP contribution in [0, 0.1) is 34.0 Å². The molecule has 0 radical (unpaired) electrons. The zero-order valence-electron chi connectivity index (χ0n) is 27.9. The van der Waals surface area contributed by atoms with E-state index in [0.717, 1.165) is 0 Å². The number of fused-ring (bicyclic) bond motifs is 4. The molecule has 12 heteroatoms. The molecule has 2 aromatic heterocycles. The van der Waals surface area contributed by atoms with Crippen molar-refractivity contribution in [2.24, 2.45) is 22.7 Å². The minimum absolute atomic E-state index is 0.0624. The highest BCUT2D eigenvalue weighted by Gasteiger charge is 2.71. The van der Waals surface area contributed by atoms with E-state index in [1.165, 1.54) is 38.2 Å². The van der Waals surface area contributed by atoms with Gasteiger partial charge in [0.1, 0.15) is 41.5 Å². The molecule has 3 unspecified atom stereocenters. The lowest BCUT2D eigenvalue weighted by atomic mass is 9.42. The number of ether oxygens (including phenoxy) is 4. The second-order valence-electron chi connectivity index (χ2n) is 13.9. The van der Waals surface area contributed by atoms with Gasteiger partial charge in [-0.1, -0.05) is 19.9 Å². The molecule has 1 aromatic carbocycles. The molecule has 2 aliphatic carbocycles. The van der Waals surface area contributed by atoms with Crippen molar-refractivity contribution in [3.05, 3.63) is 82.0 Å². The number of aromatic nitrogens is 1. The first-order valence-electron chi connectivity index (χ1n) is 16.2. The minimum Gasteiger partial charge on any atom is -0.482 e. The molecular weight excluding hydrogens is 632 g/mol. The fourth-order valence-electron chi connectivity index (χ4n) is 8.75. The normalized spacial score (nSPS) is 31.4. The number of esters is 3. The second kappa shape index (κ2) is 12.5. The van der Waals surface area contributed by atoms with Gasteiger partial charge in [0.2, 0.25) is 0 Å². The number of aliphatic hydroxyl groups is 1. The Labute approximate surface area is 283 Å². The third-order valence-corrected chi connectivity index (χ3v) is 10.9. The maximum atomic E-state index is 13.8.